The van der Waals surface area contributed by atoms with Crippen LogP contribution in [-0.2, 0) is 4.74 Å². The first-order valence-electron chi connectivity index (χ1n) is 6.86. The van der Waals surface area contributed by atoms with Gasteiger partial charge in [-0.1, -0.05) is 19.3 Å². The molecule has 1 saturated carbocycles. The van der Waals surface area contributed by atoms with Crippen molar-refractivity contribution in [1.29, 1.82) is 5.26 Å². The first-order valence-corrected chi connectivity index (χ1v) is 6.86. The van der Waals surface area contributed by atoms with E-state index in [0.717, 1.165) is 26.0 Å². The summed E-state index contributed by atoms with van der Waals surface area (Å²) in [7, 11) is 0. The number of nitriles is 1. The number of hydrogen-bond donors (Lipinski definition) is 1. The van der Waals surface area contributed by atoms with E-state index in [1.165, 1.54) is 19.3 Å². The summed E-state index contributed by atoms with van der Waals surface area (Å²) in [6.07, 6.45) is 5.88. The molecular weight excluding hydrogens is 212 g/mol. The molecule has 1 N–H and O–H groups in total. The van der Waals surface area contributed by atoms with Gasteiger partial charge >= 0.3 is 0 Å². The van der Waals surface area contributed by atoms with Crippen LogP contribution in [0.5, 0.6) is 0 Å². The molecule has 0 amide bonds. The van der Waals surface area contributed by atoms with E-state index in [0.29, 0.717) is 6.04 Å². The van der Waals surface area contributed by atoms with Crippen LogP contribution in [0.15, 0.2) is 0 Å². The zero-order valence-electron chi connectivity index (χ0n) is 11.5. The van der Waals surface area contributed by atoms with Crippen molar-refractivity contribution in [2.24, 2.45) is 5.92 Å². The smallest absolute Gasteiger partial charge is 0.0750 e. The topological polar surface area (TPSA) is 45.0 Å². The minimum Gasteiger partial charge on any atom is -0.375 e. The highest BCUT2D eigenvalue weighted by Gasteiger charge is 2.26. The lowest BCUT2D eigenvalue weighted by Crippen LogP contribution is -2.44. The van der Waals surface area contributed by atoms with Crippen molar-refractivity contribution < 1.29 is 4.74 Å². The van der Waals surface area contributed by atoms with E-state index >= 15 is 0 Å². The van der Waals surface area contributed by atoms with E-state index in [2.05, 4.69) is 25.2 Å². The van der Waals surface area contributed by atoms with Crippen molar-refractivity contribution >= 4 is 0 Å². The van der Waals surface area contributed by atoms with Crippen molar-refractivity contribution in [2.45, 2.75) is 64.5 Å². The van der Waals surface area contributed by atoms with E-state index in [1.54, 1.807) is 0 Å². The lowest BCUT2D eigenvalue weighted by molar-refractivity contribution is -0.0115. The van der Waals surface area contributed by atoms with Crippen LogP contribution in [0.1, 0.15) is 52.9 Å². The first-order chi connectivity index (χ1) is 8.09. The maximum atomic E-state index is 9.20. The van der Waals surface area contributed by atoms with Crippen molar-refractivity contribution in [3.8, 4) is 6.07 Å². The Morgan fingerprint density at radius 1 is 1.29 bits per heavy atom. The molecule has 98 valence electrons. The van der Waals surface area contributed by atoms with E-state index < -0.39 is 0 Å². The van der Waals surface area contributed by atoms with Crippen LogP contribution in [0, 0.1) is 17.2 Å². The molecule has 1 aliphatic rings. The molecular formula is C14H26N2O. The molecule has 1 rings (SSSR count). The lowest BCUT2D eigenvalue weighted by Gasteiger charge is -2.29. The van der Waals surface area contributed by atoms with Gasteiger partial charge < -0.3 is 10.1 Å². The van der Waals surface area contributed by atoms with Gasteiger partial charge in [-0.25, -0.2) is 0 Å². The Kier molecular flexibility index (Phi) is 5.94. The van der Waals surface area contributed by atoms with E-state index in [9.17, 15) is 5.26 Å². The summed E-state index contributed by atoms with van der Waals surface area (Å²) in [6, 6.07) is 2.81. The third-order valence-corrected chi connectivity index (χ3v) is 3.51. The quantitative estimate of drug-likeness (QED) is 0.749. The molecule has 1 aliphatic carbocycles. The largest absolute Gasteiger partial charge is 0.375 e. The predicted molar refractivity (Wildman–Crippen MR) is 69.7 cm³/mol. The molecule has 0 aromatic carbocycles. The lowest BCUT2D eigenvalue weighted by atomic mass is 9.95. The molecule has 0 aromatic rings. The highest BCUT2D eigenvalue weighted by molar-refractivity contribution is 4.94. The van der Waals surface area contributed by atoms with Crippen LogP contribution >= 0.6 is 0 Å². The molecule has 2 unspecified atom stereocenters. The normalized spacial score (nSPS) is 26.2. The Morgan fingerprint density at radius 2 is 2.00 bits per heavy atom. The number of nitrogens with one attached hydrogen (secondary N) is 1. The van der Waals surface area contributed by atoms with Crippen molar-refractivity contribution in [3.63, 3.8) is 0 Å². The molecule has 17 heavy (non-hydrogen) atoms. The first kappa shape index (κ1) is 14.5. The summed E-state index contributed by atoms with van der Waals surface area (Å²) < 4.78 is 5.68. The van der Waals surface area contributed by atoms with Crippen LogP contribution < -0.4 is 5.32 Å². The number of rotatable bonds is 5. The zero-order chi connectivity index (χ0) is 12.7. The van der Waals surface area contributed by atoms with Crippen LogP contribution in [0.3, 0.4) is 0 Å². The van der Waals surface area contributed by atoms with Crippen molar-refractivity contribution in [2.75, 3.05) is 13.2 Å². The Labute approximate surface area is 106 Å². The van der Waals surface area contributed by atoms with Gasteiger partial charge in [0.05, 0.1) is 17.6 Å². The summed E-state index contributed by atoms with van der Waals surface area (Å²) in [5, 5.41) is 12.7. The fourth-order valence-electron chi connectivity index (χ4n) is 2.53. The Bertz CT molecular complexity index is 257. The minimum atomic E-state index is -0.138. The van der Waals surface area contributed by atoms with Gasteiger partial charge in [-0.05, 0) is 33.6 Å². The predicted octanol–water partition coefficient (Wildman–Crippen LogP) is 2.86. The second kappa shape index (κ2) is 6.98. The summed E-state index contributed by atoms with van der Waals surface area (Å²) >= 11 is 0. The van der Waals surface area contributed by atoms with Gasteiger partial charge in [-0.15, -0.1) is 0 Å². The fraction of sp³-hybridized carbons (Fsp3) is 0.929. The van der Waals surface area contributed by atoms with Crippen molar-refractivity contribution in [3.05, 3.63) is 0 Å². The molecule has 0 bridgehead atoms. The van der Waals surface area contributed by atoms with Gasteiger partial charge in [0, 0.05) is 19.2 Å². The molecule has 2 atom stereocenters. The third kappa shape index (κ3) is 5.06. The number of hydrogen-bond acceptors (Lipinski definition) is 3. The fourth-order valence-corrected chi connectivity index (χ4v) is 2.53. The van der Waals surface area contributed by atoms with Gasteiger partial charge in [0.2, 0.25) is 0 Å². The van der Waals surface area contributed by atoms with Gasteiger partial charge in [0.25, 0.3) is 0 Å². The van der Waals surface area contributed by atoms with Crippen molar-refractivity contribution in [1.82, 2.24) is 5.32 Å². The highest BCUT2D eigenvalue weighted by Crippen LogP contribution is 2.23. The molecule has 0 heterocycles. The van der Waals surface area contributed by atoms with Crippen LogP contribution in [0.25, 0.3) is 0 Å². The SMILES string of the molecule is CCOC(C)(C)CNC1CCCCCC1C#N. The van der Waals surface area contributed by atoms with Gasteiger partial charge in [0.1, 0.15) is 0 Å². The summed E-state index contributed by atoms with van der Waals surface area (Å²) in [4.78, 5) is 0. The monoisotopic (exact) mass is 238 g/mol. The second-order valence-corrected chi connectivity index (χ2v) is 5.55. The van der Waals surface area contributed by atoms with Crippen LogP contribution in [-0.4, -0.2) is 24.8 Å². The Hall–Kier alpha value is -0.590. The van der Waals surface area contributed by atoms with Gasteiger partial charge in [-0.2, -0.15) is 5.26 Å². The maximum absolute atomic E-state index is 9.20. The average molecular weight is 238 g/mol. The molecule has 0 radical (unpaired) electrons. The van der Waals surface area contributed by atoms with E-state index in [1.807, 2.05) is 6.92 Å². The third-order valence-electron chi connectivity index (χ3n) is 3.51. The van der Waals surface area contributed by atoms with Gasteiger partial charge in [0.15, 0.2) is 0 Å². The molecule has 0 aliphatic heterocycles. The van der Waals surface area contributed by atoms with E-state index in [-0.39, 0.29) is 11.5 Å². The molecule has 1 fully saturated rings. The average Bonchev–Trinajstić information content (AvgIpc) is 2.51. The maximum Gasteiger partial charge on any atom is 0.0750 e. The molecule has 3 heteroatoms. The number of ether oxygens (including phenoxy) is 1. The summed E-state index contributed by atoms with van der Waals surface area (Å²) in [5.74, 6) is 0.176. The molecule has 0 saturated heterocycles. The summed E-state index contributed by atoms with van der Waals surface area (Å²) in [6.45, 7) is 7.78. The Balaban J connectivity index is 2.45. The highest BCUT2D eigenvalue weighted by atomic mass is 16.5. The van der Waals surface area contributed by atoms with Crippen LogP contribution in [0.2, 0.25) is 0 Å². The minimum absolute atomic E-state index is 0.138. The second-order valence-electron chi connectivity index (χ2n) is 5.55. The molecule has 0 spiro atoms. The molecule has 3 nitrogen and oxygen atoms in total. The van der Waals surface area contributed by atoms with Gasteiger partial charge in [-0.3, -0.25) is 0 Å². The standard InChI is InChI=1S/C14H26N2O/c1-4-17-14(2,3)11-16-13-9-7-5-6-8-12(13)10-15/h12-13,16H,4-9,11H2,1-3H3. The van der Waals surface area contributed by atoms with E-state index in [4.69, 9.17) is 4.74 Å². The zero-order valence-corrected chi connectivity index (χ0v) is 11.5. The Morgan fingerprint density at radius 3 is 2.65 bits per heavy atom. The summed E-state index contributed by atoms with van der Waals surface area (Å²) in [5.41, 5.74) is -0.138. The molecule has 0 aromatic heterocycles. The van der Waals surface area contributed by atoms with Crippen LogP contribution in [0.4, 0.5) is 0 Å². The number of nitrogens with zero attached hydrogens (tertiary/aromatic N) is 1.